The number of hydrogen-bond donors (Lipinski definition) is 2. The highest BCUT2D eigenvalue weighted by molar-refractivity contribution is 5.88. The van der Waals surface area contributed by atoms with Gasteiger partial charge in [-0.05, 0) is 24.7 Å². The molecule has 0 aromatic heterocycles. The molecule has 0 aliphatic heterocycles. The van der Waals surface area contributed by atoms with Gasteiger partial charge < -0.3 is 10.6 Å². The van der Waals surface area contributed by atoms with Crippen molar-refractivity contribution in [3.63, 3.8) is 0 Å². The molecule has 1 amide bonds. The number of rotatable bonds is 4. The fourth-order valence-electron chi connectivity index (χ4n) is 1.19. The van der Waals surface area contributed by atoms with Crippen LogP contribution in [0.15, 0.2) is 30.3 Å². The van der Waals surface area contributed by atoms with Crippen LogP contribution < -0.4 is 10.6 Å². The molecule has 1 aromatic rings. The van der Waals surface area contributed by atoms with Crippen molar-refractivity contribution < 1.29 is 4.79 Å². The highest BCUT2D eigenvalue weighted by Gasteiger charge is 1.93. The van der Waals surface area contributed by atoms with Crippen LogP contribution >= 0.6 is 0 Å². The molecule has 0 saturated heterocycles. The van der Waals surface area contributed by atoms with E-state index in [2.05, 4.69) is 10.6 Å². The summed E-state index contributed by atoms with van der Waals surface area (Å²) in [6.07, 6.45) is 4.08. The van der Waals surface area contributed by atoms with Gasteiger partial charge in [0.05, 0.1) is 0 Å². The van der Waals surface area contributed by atoms with E-state index in [0.29, 0.717) is 0 Å². The second-order valence-corrected chi connectivity index (χ2v) is 3.26. The molecule has 0 fully saturated rings. The molecule has 1 aromatic carbocycles. The van der Waals surface area contributed by atoms with E-state index in [1.165, 1.54) is 6.92 Å². The van der Waals surface area contributed by atoms with Crippen molar-refractivity contribution in [3.05, 3.63) is 35.9 Å². The first-order valence-corrected chi connectivity index (χ1v) is 4.91. The van der Waals surface area contributed by atoms with Crippen LogP contribution in [0.5, 0.6) is 0 Å². The second-order valence-electron chi connectivity index (χ2n) is 3.26. The maximum absolute atomic E-state index is 10.8. The van der Waals surface area contributed by atoms with Gasteiger partial charge in [-0.15, -0.1) is 0 Å². The number of likely N-dealkylation sites (N-methyl/N-ethyl adjacent to an activating group) is 1. The Kier molecular flexibility index (Phi) is 4.57. The van der Waals surface area contributed by atoms with Crippen LogP contribution in [0.1, 0.15) is 12.5 Å². The molecule has 0 bridgehead atoms. The average molecular weight is 204 g/mol. The summed E-state index contributed by atoms with van der Waals surface area (Å²) in [5.74, 6) is -0.0477. The van der Waals surface area contributed by atoms with Crippen LogP contribution in [0, 0.1) is 0 Å². The maximum atomic E-state index is 10.8. The van der Waals surface area contributed by atoms with E-state index in [1.807, 2.05) is 43.5 Å². The first kappa shape index (κ1) is 11.5. The minimum absolute atomic E-state index is 0.0477. The smallest absolute Gasteiger partial charge is 0.221 e. The van der Waals surface area contributed by atoms with E-state index >= 15 is 0 Å². The molecule has 0 saturated carbocycles. The quantitative estimate of drug-likeness (QED) is 0.786. The summed E-state index contributed by atoms with van der Waals surface area (Å²) in [7, 11) is 1.91. The predicted octanol–water partition coefficient (Wildman–Crippen LogP) is 1.88. The summed E-state index contributed by atoms with van der Waals surface area (Å²) < 4.78 is 0. The normalized spacial score (nSPS) is 10.5. The van der Waals surface area contributed by atoms with Crippen molar-refractivity contribution in [1.29, 1.82) is 0 Å². The highest BCUT2D eigenvalue weighted by atomic mass is 16.1. The van der Waals surface area contributed by atoms with Gasteiger partial charge >= 0.3 is 0 Å². The van der Waals surface area contributed by atoms with E-state index in [-0.39, 0.29) is 5.91 Å². The lowest BCUT2D eigenvalue weighted by Gasteiger charge is -2.01. The monoisotopic (exact) mass is 204 g/mol. The molecule has 15 heavy (non-hydrogen) atoms. The molecule has 80 valence electrons. The number of anilines is 1. The fraction of sp³-hybridized carbons (Fsp3) is 0.250. The molecule has 2 N–H and O–H groups in total. The number of hydrogen-bond acceptors (Lipinski definition) is 2. The Bertz CT molecular complexity index is 341. The van der Waals surface area contributed by atoms with Gasteiger partial charge in [-0.3, -0.25) is 4.79 Å². The van der Waals surface area contributed by atoms with Gasteiger partial charge in [0.15, 0.2) is 0 Å². The second kappa shape index (κ2) is 5.98. The lowest BCUT2D eigenvalue weighted by molar-refractivity contribution is -0.114. The van der Waals surface area contributed by atoms with E-state index in [4.69, 9.17) is 0 Å². The van der Waals surface area contributed by atoms with Gasteiger partial charge in [-0.25, -0.2) is 0 Å². The van der Waals surface area contributed by atoms with Gasteiger partial charge in [-0.2, -0.15) is 0 Å². The van der Waals surface area contributed by atoms with Crippen LogP contribution in [-0.4, -0.2) is 19.5 Å². The molecular weight excluding hydrogens is 188 g/mol. The first-order chi connectivity index (χ1) is 7.22. The Balaban J connectivity index is 2.60. The summed E-state index contributed by atoms with van der Waals surface area (Å²) in [6, 6.07) is 7.72. The van der Waals surface area contributed by atoms with Crippen LogP contribution in [0.25, 0.3) is 6.08 Å². The number of carbonyl (C=O) groups excluding carboxylic acids is 1. The van der Waals surface area contributed by atoms with Gasteiger partial charge in [-0.1, -0.05) is 24.3 Å². The number of amides is 1. The minimum Gasteiger partial charge on any atom is -0.326 e. The number of nitrogens with one attached hydrogen (secondary N) is 2. The van der Waals surface area contributed by atoms with Crippen molar-refractivity contribution in [1.82, 2.24) is 5.32 Å². The Morgan fingerprint density at radius 3 is 2.53 bits per heavy atom. The molecule has 0 aliphatic rings. The number of benzene rings is 1. The van der Waals surface area contributed by atoms with E-state index < -0.39 is 0 Å². The van der Waals surface area contributed by atoms with Crippen molar-refractivity contribution in [2.24, 2.45) is 0 Å². The van der Waals surface area contributed by atoms with Crippen LogP contribution in [-0.2, 0) is 4.79 Å². The zero-order valence-corrected chi connectivity index (χ0v) is 9.08. The zero-order valence-electron chi connectivity index (χ0n) is 9.08. The zero-order chi connectivity index (χ0) is 11.1. The molecule has 3 nitrogen and oxygen atoms in total. The molecule has 0 heterocycles. The largest absolute Gasteiger partial charge is 0.326 e. The topological polar surface area (TPSA) is 41.1 Å². The Labute approximate surface area is 90.2 Å². The van der Waals surface area contributed by atoms with Crippen molar-refractivity contribution in [2.45, 2.75) is 6.92 Å². The highest BCUT2D eigenvalue weighted by Crippen LogP contribution is 2.10. The summed E-state index contributed by atoms with van der Waals surface area (Å²) in [5, 5.41) is 5.76. The average Bonchev–Trinajstić information content (AvgIpc) is 2.20. The first-order valence-electron chi connectivity index (χ1n) is 4.91. The lowest BCUT2D eigenvalue weighted by atomic mass is 10.2. The third kappa shape index (κ3) is 4.42. The minimum atomic E-state index is -0.0477. The Morgan fingerprint density at radius 1 is 1.33 bits per heavy atom. The molecule has 1 rings (SSSR count). The van der Waals surface area contributed by atoms with E-state index in [9.17, 15) is 4.79 Å². The summed E-state index contributed by atoms with van der Waals surface area (Å²) in [5.41, 5.74) is 1.95. The Morgan fingerprint density at radius 2 is 2.00 bits per heavy atom. The number of carbonyl (C=O) groups is 1. The summed E-state index contributed by atoms with van der Waals surface area (Å²) in [6.45, 7) is 2.36. The molecule has 0 spiro atoms. The fourth-order valence-corrected chi connectivity index (χ4v) is 1.19. The molecule has 3 heteroatoms. The standard InChI is InChI=1S/C12H16N2O/c1-10(15)14-12-7-5-11(6-8-12)4-3-9-13-2/h3-8,13H,9H2,1-2H3,(H,14,15). The van der Waals surface area contributed by atoms with Crippen molar-refractivity contribution in [2.75, 3.05) is 18.9 Å². The van der Waals surface area contributed by atoms with Gasteiger partial charge in [0.1, 0.15) is 0 Å². The van der Waals surface area contributed by atoms with Crippen LogP contribution in [0.2, 0.25) is 0 Å². The summed E-state index contributed by atoms with van der Waals surface area (Å²) >= 11 is 0. The molecule has 0 aliphatic carbocycles. The lowest BCUT2D eigenvalue weighted by Crippen LogP contribution is -2.05. The SMILES string of the molecule is CNCC=Cc1ccc(NC(C)=O)cc1. The molecular formula is C12H16N2O. The van der Waals surface area contributed by atoms with Gasteiger partial charge in [0.25, 0.3) is 0 Å². The van der Waals surface area contributed by atoms with Gasteiger partial charge in [0.2, 0.25) is 5.91 Å². The van der Waals surface area contributed by atoms with E-state index in [1.54, 1.807) is 0 Å². The van der Waals surface area contributed by atoms with Crippen molar-refractivity contribution in [3.8, 4) is 0 Å². The molecule has 0 unspecified atom stereocenters. The van der Waals surface area contributed by atoms with E-state index in [0.717, 1.165) is 17.8 Å². The predicted molar refractivity (Wildman–Crippen MR) is 63.7 cm³/mol. The van der Waals surface area contributed by atoms with Crippen LogP contribution in [0.3, 0.4) is 0 Å². The third-order valence-electron chi connectivity index (χ3n) is 1.86. The van der Waals surface area contributed by atoms with Gasteiger partial charge in [0, 0.05) is 19.2 Å². The molecule has 0 radical (unpaired) electrons. The summed E-state index contributed by atoms with van der Waals surface area (Å²) in [4.78, 5) is 10.8. The third-order valence-corrected chi connectivity index (χ3v) is 1.86. The molecule has 0 atom stereocenters. The Hall–Kier alpha value is -1.61. The van der Waals surface area contributed by atoms with Crippen molar-refractivity contribution >= 4 is 17.7 Å². The van der Waals surface area contributed by atoms with Crippen LogP contribution in [0.4, 0.5) is 5.69 Å². The maximum Gasteiger partial charge on any atom is 0.221 e.